The summed E-state index contributed by atoms with van der Waals surface area (Å²) in [5.41, 5.74) is 1.56. The second-order valence-corrected chi connectivity index (χ2v) is 6.09. The molecule has 0 radical (unpaired) electrons. The molecule has 0 saturated carbocycles. The maximum atomic E-state index is 11.7. The number of fused-ring (bicyclic) bond motifs is 1. The van der Waals surface area contributed by atoms with Crippen molar-refractivity contribution in [1.82, 2.24) is 4.98 Å². The van der Waals surface area contributed by atoms with E-state index in [9.17, 15) is 4.79 Å². The Kier molecular flexibility index (Phi) is 3.14. The number of halogens is 2. The number of aryl methyl sites for hydroxylation is 1. The van der Waals surface area contributed by atoms with E-state index in [1.165, 1.54) is 0 Å². The van der Waals surface area contributed by atoms with E-state index in [-0.39, 0.29) is 5.78 Å². The first-order valence-electron chi connectivity index (χ1n) is 5.63. The van der Waals surface area contributed by atoms with E-state index in [0.717, 1.165) is 28.3 Å². The average molecular weight is 298 g/mol. The summed E-state index contributed by atoms with van der Waals surface area (Å²) < 4.78 is 0. The molecule has 0 saturated heterocycles. The van der Waals surface area contributed by atoms with Gasteiger partial charge in [0.05, 0.1) is 10.0 Å². The van der Waals surface area contributed by atoms with Crippen LogP contribution in [-0.4, -0.2) is 10.8 Å². The summed E-state index contributed by atoms with van der Waals surface area (Å²) in [5, 5.41) is 1.88. The van der Waals surface area contributed by atoms with Gasteiger partial charge in [0.25, 0.3) is 0 Å². The number of aromatic nitrogens is 1. The van der Waals surface area contributed by atoms with Crippen molar-refractivity contribution in [3.8, 4) is 10.6 Å². The van der Waals surface area contributed by atoms with Crippen molar-refractivity contribution in [3.63, 3.8) is 0 Å². The predicted molar refractivity (Wildman–Crippen MR) is 74.8 cm³/mol. The molecule has 5 heteroatoms. The number of thiazole rings is 1. The maximum Gasteiger partial charge on any atom is 0.182 e. The summed E-state index contributed by atoms with van der Waals surface area (Å²) in [7, 11) is 0. The Bertz CT molecular complexity index is 636. The molecule has 1 aromatic carbocycles. The molecule has 3 rings (SSSR count). The van der Waals surface area contributed by atoms with Gasteiger partial charge in [-0.05, 0) is 25.0 Å². The fraction of sp³-hybridized carbons (Fsp3) is 0.231. The Morgan fingerprint density at radius 1 is 1.17 bits per heavy atom. The first-order valence-corrected chi connectivity index (χ1v) is 7.21. The van der Waals surface area contributed by atoms with Gasteiger partial charge in [-0.2, -0.15) is 0 Å². The van der Waals surface area contributed by atoms with Crippen LogP contribution in [0.15, 0.2) is 18.2 Å². The molecule has 2 nitrogen and oxygen atoms in total. The molecule has 1 heterocycles. The number of hydrogen-bond acceptors (Lipinski definition) is 3. The van der Waals surface area contributed by atoms with Crippen LogP contribution in [0.3, 0.4) is 0 Å². The van der Waals surface area contributed by atoms with Gasteiger partial charge in [0, 0.05) is 16.9 Å². The number of benzene rings is 1. The Morgan fingerprint density at radius 2 is 2.00 bits per heavy atom. The van der Waals surface area contributed by atoms with Crippen LogP contribution >= 0.6 is 34.5 Å². The smallest absolute Gasteiger partial charge is 0.182 e. The predicted octanol–water partition coefficient (Wildman–Crippen LogP) is 4.64. The summed E-state index contributed by atoms with van der Waals surface area (Å²) in [6, 6.07) is 5.42. The number of carbonyl (C=O) groups is 1. The van der Waals surface area contributed by atoms with Gasteiger partial charge in [0.2, 0.25) is 0 Å². The summed E-state index contributed by atoms with van der Waals surface area (Å²) in [5.74, 6) is 0.152. The van der Waals surface area contributed by atoms with Crippen LogP contribution in [0.4, 0.5) is 0 Å². The molecule has 0 fully saturated rings. The van der Waals surface area contributed by atoms with Crippen molar-refractivity contribution in [2.45, 2.75) is 19.3 Å². The third kappa shape index (κ3) is 2.07. The molecule has 1 aromatic heterocycles. The minimum Gasteiger partial charge on any atom is -0.292 e. The SMILES string of the molecule is O=C1CCCc2sc(-c3ccc(Cl)c(Cl)c3)nc21. The van der Waals surface area contributed by atoms with E-state index < -0.39 is 0 Å². The summed E-state index contributed by atoms with van der Waals surface area (Å²) in [6.45, 7) is 0. The summed E-state index contributed by atoms with van der Waals surface area (Å²) in [6.07, 6.45) is 2.48. The van der Waals surface area contributed by atoms with Gasteiger partial charge in [-0.15, -0.1) is 11.3 Å². The average Bonchev–Trinajstić information content (AvgIpc) is 2.78. The second kappa shape index (κ2) is 4.65. The first-order chi connectivity index (χ1) is 8.65. The monoisotopic (exact) mass is 297 g/mol. The van der Waals surface area contributed by atoms with E-state index in [1.807, 2.05) is 6.07 Å². The Labute approximate surface area is 119 Å². The Morgan fingerprint density at radius 3 is 2.72 bits per heavy atom. The first kappa shape index (κ1) is 12.2. The van der Waals surface area contributed by atoms with Crippen LogP contribution in [0.25, 0.3) is 10.6 Å². The zero-order chi connectivity index (χ0) is 12.7. The molecule has 92 valence electrons. The minimum atomic E-state index is 0.152. The summed E-state index contributed by atoms with van der Waals surface area (Å²) >= 11 is 13.5. The number of ketones is 1. The lowest BCUT2D eigenvalue weighted by Crippen LogP contribution is -2.08. The molecule has 0 unspecified atom stereocenters. The molecule has 0 atom stereocenters. The highest BCUT2D eigenvalue weighted by molar-refractivity contribution is 7.15. The zero-order valence-electron chi connectivity index (χ0n) is 9.37. The van der Waals surface area contributed by atoms with E-state index in [4.69, 9.17) is 23.2 Å². The Hall–Kier alpha value is -0.900. The fourth-order valence-electron chi connectivity index (χ4n) is 2.02. The number of nitrogens with zero attached hydrogens (tertiary/aromatic N) is 1. The van der Waals surface area contributed by atoms with Gasteiger partial charge in [-0.3, -0.25) is 4.79 Å². The normalized spacial score (nSPS) is 14.7. The van der Waals surface area contributed by atoms with Gasteiger partial charge >= 0.3 is 0 Å². The Balaban J connectivity index is 2.07. The standard InChI is InChI=1S/C13H9Cl2NOS/c14-8-5-4-7(6-9(8)15)13-16-12-10(17)2-1-3-11(12)18-13/h4-6H,1-3H2. The third-order valence-corrected chi connectivity index (χ3v) is 4.84. The lowest BCUT2D eigenvalue weighted by Gasteiger charge is -2.06. The van der Waals surface area contributed by atoms with Crippen LogP contribution in [0.1, 0.15) is 28.2 Å². The molecule has 0 N–H and O–H groups in total. The van der Waals surface area contributed by atoms with Crippen LogP contribution in [-0.2, 0) is 6.42 Å². The van der Waals surface area contributed by atoms with E-state index in [0.29, 0.717) is 22.2 Å². The third-order valence-electron chi connectivity index (χ3n) is 2.94. The van der Waals surface area contributed by atoms with Crippen molar-refractivity contribution in [1.29, 1.82) is 0 Å². The lowest BCUT2D eigenvalue weighted by molar-refractivity contribution is 0.0968. The van der Waals surface area contributed by atoms with E-state index >= 15 is 0 Å². The molecule has 1 aliphatic rings. The lowest BCUT2D eigenvalue weighted by atomic mass is 10.0. The van der Waals surface area contributed by atoms with Gasteiger partial charge in [0.15, 0.2) is 5.78 Å². The molecule has 0 aliphatic heterocycles. The van der Waals surface area contributed by atoms with Crippen molar-refractivity contribution in [2.24, 2.45) is 0 Å². The number of hydrogen-bond donors (Lipinski definition) is 0. The molecule has 0 bridgehead atoms. The molecule has 0 amide bonds. The van der Waals surface area contributed by atoms with Gasteiger partial charge in [0.1, 0.15) is 10.7 Å². The number of carbonyl (C=O) groups excluding carboxylic acids is 1. The van der Waals surface area contributed by atoms with Crippen molar-refractivity contribution in [2.75, 3.05) is 0 Å². The van der Waals surface area contributed by atoms with E-state index in [2.05, 4.69) is 4.98 Å². The number of Topliss-reactive ketones (excluding diaryl/α,β-unsaturated/α-hetero) is 1. The van der Waals surface area contributed by atoms with E-state index in [1.54, 1.807) is 23.5 Å². The fourth-order valence-corrected chi connectivity index (χ4v) is 3.44. The molecular weight excluding hydrogens is 289 g/mol. The molecule has 1 aliphatic carbocycles. The van der Waals surface area contributed by atoms with Crippen LogP contribution in [0.5, 0.6) is 0 Å². The molecule has 0 spiro atoms. The summed E-state index contributed by atoms with van der Waals surface area (Å²) in [4.78, 5) is 17.3. The highest BCUT2D eigenvalue weighted by Gasteiger charge is 2.22. The van der Waals surface area contributed by atoms with Gasteiger partial charge in [-0.25, -0.2) is 4.98 Å². The molecular formula is C13H9Cl2NOS. The van der Waals surface area contributed by atoms with Crippen molar-refractivity contribution < 1.29 is 4.79 Å². The van der Waals surface area contributed by atoms with Crippen molar-refractivity contribution in [3.05, 3.63) is 38.8 Å². The highest BCUT2D eigenvalue weighted by atomic mass is 35.5. The highest BCUT2D eigenvalue weighted by Crippen LogP contribution is 2.35. The topological polar surface area (TPSA) is 30.0 Å². The van der Waals surface area contributed by atoms with Crippen LogP contribution in [0.2, 0.25) is 10.0 Å². The van der Waals surface area contributed by atoms with Gasteiger partial charge in [-0.1, -0.05) is 29.3 Å². The zero-order valence-corrected chi connectivity index (χ0v) is 11.7. The van der Waals surface area contributed by atoms with Gasteiger partial charge < -0.3 is 0 Å². The van der Waals surface area contributed by atoms with Crippen LogP contribution < -0.4 is 0 Å². The second-order valence-electron chi connectivity index (χ2n) is 4.20. The maximum absolute atomic E-state index is 11.7. The van der Waals surface area contributed by atoms with Crippen LogP contribution in [0, 0.1) is 0 Å². The molecule has 2 aromatic rings. The quantitative estimate of drug-likeness (QED) is 0.768. The number of rotatable bonds is 1. The van der Waals surface area contributed by atoms with Crippen molar-refractivity contribution >= 4 is 40.3 Å². The minimum absolute atomic E-state index is 0.152. The largest absolute Gasteiger partial charge is 0.292 e. The molecule has 18 heavy (non-hydrogen) atoms.